The summed E-state index contributed by atoms with van der Waals surface area (Å²) in [7, 11) is 0. The summed E-state index contributed by atoms with van der Waals surface area (Å²) in [5.41, 5.74) is 2.93. The van der Waals surface area contributed by atoms with Crippen LogP contribution in [0.15, 0.2) is 23.3 Å². The summed E-state index contributed by atoms with van der Waals surface area (Å²) in [6.07, 6.45) is 7.19. The first-order valence-electron chi connectivity index (χ1n) is 4.63. The van der Waals surface area contributed by atoms with Gasteiger partial charge in [-0.3, -0.25) is 0 Å². The first-order valence-corrected chi connectivity index (χ1v) is 4.63. The van der Waals surface area contributed by atoms with Crippen LogP contribution in [0.4, 0.5) is 0 Å². The Hall–Kier alpha value is -0.560. The van der Waals surface area contributed by atoms with E-state index in [1.165, 1.54) is 24.0 Å². The van der Waals surface area contributed by atoms with E-state index >= 15 is 0 Å². The van der Waals surface area contributed by atoms with Gasteiger partial charge in [0.25, 0.3) is 0 Å². The van der Waals surface area contributed by atoms with Crippen molar-refractivity contribution < 1.29 is 4.74 Å². The first-order chi connectivity index (χ1) is 5.56. The Bertz CT molecular complexity index is 233. The fourth-order valence-corrected chi connectivity index (χ4v) is 1.85. The Morgan fingerprint density at radius 3 is 2.00 bits per heavy atom. The lowest BCUT2D eigenvalue weighted by molar-refractivity contribution is -0.0232. The number of hydrogen-bond donors (Lipinski definition) is 0. The molecule has 0 heterocycles. The Balaban J connectivity index is 2.08. The van der Waals surface area contributed by atoms with Gasteiger partial charge in [0.15, 0.2) is 0 Å². The largest absolute Gasteiger partial charge is 0.364 e. The molecule has 0 aromatic heterocycles. The topological polar surface area (TPSA) is 9.23 Å². The summed E-state index contributed by atoms with van der Waals surface area (Å²) >= 11 is 0. The third-order valence-corrected chi connectivity index (χ3v) is 2.36. The van der Waals surface area contributed by atoms with Gasteiger partial charge in [0.1, 0.15) is 6.10 Å². The molecule has 0 saturated heterocycles. The molecule has 2 rings (SSSR count). The van der Waals surface area contributed by atoms with Crippen molar-refractivity contribution in [3.05, 3.63) is 23.3 Å². The second-order valence-corrected chi connectivity index (χ2v) is 4.59. The highest BCUT2D eigenvalue weighted by Crippen LogP contribution is 2.39. The molecule has 0 aromatic carbocycles. The minimum absolute atomic E-state index is 0.0163. The summed E-state index contributed by atoms with van der Waals surface area (Å²) in [6, 6.07) is 0. The zero-order chi connectivity index (χ0) is 8.77. The molecule has 1 fully saturated rings. The maximum Gasteiger partial charge on any atom is 0.101 e. The number of allylic oxidation sites excluding steroid dienone is 2. The van der Waals surface area contributed by atoms with Crippen molar-refractivity contribution in [2.24, 2.45) is 0 Å². The molecule has 0 N–H and O–H groups in total. The quantitative estimate of drug-likeness (QED) is 0.579. The average molecular weight is 164 g/mol. The Kier molecular flexibility index (Phi) is 1.65. The summed E-state index contributed by atoms with van der Waals surface area (Å²) in [5, 5.41) is 0. The van der Waals surface area contributed by atoms with Crippen molar-refractivity contribution in [1.82, 2.24) is 0 Å². The lowest BCUT2D eigenvalue weighted by Crippen LogP contribution is -2.26. The molecule has 0 aromatic rings. The molecule has 2 aliphatic rings. The van der Waals surface area contributed by atoms with Crippen LogP contribution in [0.25, 0.3) is 0 Å². The molecule has 0 unspecified atom stereocenters. The third-order valence-electron chi connectivity index (χ3n) is 2.36. The normalized spacial score (nSPS) is 22.9. The number of ether oxygens (including phenoxy) is 1. The van der Waals surface area contributed by atoms with Crippen LogP contribution in [0, 0.1) is 0 Å². The van der Waals surface area contributed by atoms with E-state index in [1.54, 1.807) is 0 Å². The predicted octanol–water partition coefficient (Wildman–Crippen LogP) is 2.83. The van der Waals surface area contributed by atoms with Crippen molar-refractivity contribution in [3.8, 4) is 0 Å². The molecule has 0 radical (unpaired) electrons. The minimum atomic E-state index is -0.0163. The molecule has 0 spiro atoms. The SMILES string of the molecule is CC(C)(C)OC1C2=CC=C1CC2. The minimum Gasteiger partial charge on any atom is -0.364 e. The molecule has 0 aliphatic heterocycles. The second kappa shape index (κ2) is 2.46. The van der Waals surface area contributed by atoms with Crippen LogP contribution in [-0.4, -0.2) is 11.7 Å². The molecule has 12 heavy (non-hydrogen) atoms. The zero-order valence-corrected chi connectivity index (χ0v) is 8.05. The van der Waals surface area contributed by atoms with E-state index in [0.717, 1.165) is 0 Å². The Morgan fingerprint density at radius 2 is 1.67 bits per heavy atom. The van der Waals surface area contributed by atoms with E-state index in [9.17, 15) is 0 Å². The van der Waals surface area contributed by atoms with Gasteiger partial charge < -0.3 is 4.74 Å². The van der Waals surface area contributed by atoms with Gasteiger partial charge >= 0.3 is 0 Å². The van der Waals surface area contributed by atoms with Gasteiger partial charge in [-0.2, -0.15) is 0 Å². The molecule has 2 aliphatic carbocycles. The van der Waals surface area contributed by atoms with Crippen LogP contribution in [-0.2, 0) is 4.74 Å². The van der Waals surface area contributed by atoms with Gasteiger partial charge in [-0.15, -0.1) is 0 Å². The number of rotatable bonds is 1. The molecular weight excluding hydrogens is 148 g/mol. The van der Waals surface area contributed by atoms with E-state index in [0.29, 0.717) is 6.10 Å². The highest BCUT2D eigenvalue weighted by Gasteiger charge is 2.32. The Labute approximate surface area is 74.1 Å². The van der Waals surface area contributed by atoms with Crippen molar-refractivity contribution in [2.45, 2.75) is 45.3 Å². The Morgan fingerprint density at radius 1 is 1.17 bits per heavy atom. The molecule has 1 nitrogen and oxygen atoms in total. The lowest BCUT2D eigenvalue weighted by Gasteiger charge is -2.25. The predicted molar refractivity (Wildman–Crippen MR) is 50.0 cm³/mol. The van der Waals surface area contributed by atoms with E-state index < -0.39 is 0 Å². The van der Waals surface area contributed by atoms with Crippen LogP contribution < -0.4 is 0 Å². The summed E-state index contributed by atoms with van der Waals surface area (Å²) in [4.78, 5) is 0. The van der Waals surface area contributed by atoms with Gasteiger partial charge in [0.2, 0.25) is 0 Å². The van der Waals surface area contributed by atoms with E-state index in [-0.39, 0.29) is 5.60 Å². The highest BCUT2D eigenvalue weighted by atomic mass is 16.5. The fraction of sp³-hybridized carbons (Fsp3) is 0.636. The molecule has 0 amide bonds. The van der Waals surface area contributed by atoms with Crippen molar-refractivity contribution in [2.75, 3.05) is 0 Å². The van der Waals surface area contributed by atoms with Gasteiger partial charge in [-0.25, -0.2) is 0 Å². The van der Waals surface area contributed by atoms with Crippen molar-refractivity contribution in [3.63, 3.8) is 0 Å². The summed E-state index contributed by atoms with van der Waals surface area (Å²) in [5.74, 6) is 0. The van der Waals surface area contributed by atoms with Gasteiger partial charge in [0.05, 0.1) is 5.60 Å². The highest BCUT2D eigenvalue weighted by molar-refractivity contribution is 5.42. The van der Waals surface area contributed by atoms with Crippen molar-refractivity contribution >= 4 is 0 Å². The lowest BCUT2D eigenvalue weighted by atomic mass is 10.1. The summed E-state index contributed by atoms with van der Waals surface area (Å²) < 4.78 is 5.95. The van der Waals surface area contributed by atoms with Crippen LogP contribution in [0.1, 0.15) is 33.6 Å². The molecule has 2 bridgehead atoms. The fourth-order valence-electron chi connectivity index (χ4n) is 1.85. The van der Waals surface area contributed by atoms with E-state index in [4.69, 9.17) is 4.74 Å². The smallest absolute Gasteiger partial charge is 0.101 e. The average Bonchev–Trinajstić information content (AvgIpc) is 2.46. The monoisotopic (exact) mass is 164 g/mol. The van der Waals surface area contributed by atoms with Gasteiger partial charge in [0, 0.05) is 0 Å². The van der Waals surface area contributed by atoms with E-state index in [1.807, 2.05) is 0 Å². The van der Waals surface area contributed by atoms with Crippen molar-refractivity contribution in [1.29, 1.82) is 0 Å². The maximum absolute atomic E-state index is 5.95. The molecular formula is C11H16O. The summed E-state index contributed by atoms with van der Waals surface area (Å²) in [6.45, 7) is 6.35. The standard InChI is InChI=1S/C11H16O/c1-11(2,3)12-10-8-4-5-9(10)7-6-8/h4-5,10H,6-7H2,1-3H3. The van der Waals surface area contributed by atoms with Gasteiger partial charge in [-0.1, -0.05) is 12.2 Å². The zero-order valence-electron chi connectivity index (χ0n) is 8.05. The van der Waals surface area contributed by atoms with Crippen LogP contribution in [0.3, 0.4) is 0 Å². The third kappa shape index (κ3) is 1.34. The molecule has 1 saturated carbocycles. The molecule has 1 heteroatoms. The molecule has 66 valence electrons. The van der Waals surface area contributed by atoms with Crippen LogP contribution in [0.5, 0.6) is 0 Å². The second-order valence-electron chi connectivity index (χ2n) is 4.59. The van der Waals surface area contributed by atoms with Crippen LogP contribution >= 0.6 is 0 Å². The molecule has 0 atom stereocenters. The first kappa shape index (κ1) is 8.06. The maximum atomic E-state index is 5.95. The van der Waals surface area contributed by atoms with E-state index in [2.05, 4.69) is 32.9 Å². The number of fused-ring (bicyclic) bond motifs is 2. The number of hydrogen-bond acceptors (Lipinski definition) is 1. The van der Waals surface area contributed by atoms with Crippen LogP contribution in [0.2, 0.25) is 0 Å². The van der Waals surface area contributed by atoms with Gasteiger partial charge in [-0.05, 0) is 44.8 Å².